The second-order valence-electron chi connectivity index (χ2n) is 6.09. The quantitative estimate of drug-likeness (QED) is 0.874. The van der Waals surface area contributed by atoms with Gasteiger partial charge in [0.05, 0.1) is 12.2 Å². The Morgan fingerprint density at radius 1 is 1.41 bits per heavy atom. The molecule has 0 aliphatic heterocycles. The van der Waals surface area contributed by atoms with Gasteiger partial charge in [-0.3, -0.25) is 0 Å². The predicted molar refractivity (Wildman–Crippen MR) is 68.9 cm³/mol. The number of rotatable bonds is 3. The highest BCUT2D eigenvalue weighted by Crippen LogP contribution is 2.35. The summed E-state index contributed by atoms with van der Waals surface area (Å²) in [5, 5.41) is 3.58. The van der Waals surface area contributed by atoms with Gasteiger partial charge in [0.1, 0.15) is 5.76 Å². The number of hydrogen-bond acceptors (Lipinski definition) is 3. The Morgan fingerprint density at radius 2 is 2.18 bits per heavy atom. The summed E-state index contributed by atoms with van der Waals surface area (Å²) in [7, 11) is 0. The van der Waals surface area contributed by atoms with Crippen molar-refractivity contribution in [3.8, 4) is 0 Å². The number of oxazole rings is 1. The largest absolute Gasteiger partial charge is 0.444 e. The van der Waals surface area contributed by atoms with Gasteiger partial charge in [-0.15, -0.1) is 0 Å². The molecule has 1 atom stereocenters. The topological polar surface area (TPSA) is 38.1 Å². The number of nitrogens with one attached hydrogen (secondary N) is 1. The van der Waals surface area contributed by atoms with Crippen molar-refractivity contribution in [2.75, 3.05) is 0 Å². The van der Waals surface area contributed by atoms with Crippen LogP contribution in [0.5, 0.6) is 0 Å². The lowest BCUT2D eigenvalue weighted by Crippen LogP contribution is -2.36. The van der Waals surface area contributed by atoms with Crippen LogP contribution < -0.4 is 5.32 Å². The molecule has 0 radical (unpaired) electrons. The van der Waals surface area contributed by atoms with Crippen LogP contribution in [0.2, 0.25) is 0 Å². The highest BCUT2D eigenvalue weighted by molar-refractivity contribution is 5.05. The van der Waals surface area contributed by atoms with Crippen LogP contribution in [0.15, 0.2) is 4.42 Å². The first-order valence-corrected chi connectivity index (χ1v) is 6.62. The zero-order valence-electron chi connectivity index (χ0n) is 11.5. The van der Waals surface area contributed by atoms with E-state index in [1.807, 2.05) is 13.8 Å². The fourth-order valence-electron chi connectivity index (χ4n) is 2.72. The van der Waals surface area contributed by atoms with E-state index in [0.717, 1.165) is 23.9 Å². The van der Waals surface area contributed by atoms with E-state index in [1.165, 1.54) is 25.7 Å². The number of aromatic nitrogens is 1. The van der Waals surface area contributed by atoms with Crippen molar-refractivity contribution >= 4 is 0 Å². The van der Waals surface area contributed by atoms with Crippen LogP contribution in [0.1, 0.15) is 56.9 Å². The average molecular weight is 236 g/mol. The first-order chi connectivity index (χ1) is 7.96. The van der Waals surface area contributed by atoms with Crippen LogP contribution >= 0.6 is 0 Å². The molecule has 3 nitrogen and oxygen atoms in total. The molecular weight excluding hydrogens is 212 g/mol. The molecule has 3 heteroatoms. The third kappa shape index (κ3) is 3.32. The first kappa shape index (κ1) is 12.6. The summed E-state index contributed by atoms with van der Waals surface area (Å²) in [6, 6.07) is 0.617. The highest BCUT2D eigenvalue weighted by Gasteiger charge is 2.27. The molecule has 1 N–H and O–H groups in total. The summed E-state index contributed by atoms with van der Waals surface area (Å²) >= 11 is 0. The standard InChI is InChI=1S/C14H24N2O/c1-10-11(2)17-13(16-10)9-15-12-6-5-7-14(3,4)8-12/h12,15H,5-9H2,1-4H3. The van der Waals surface area contributed by atoms with E-state index in [9.17, 15) is 0 Å². The normalized spacial score (nSPS) is 23.9. The molecular formula is C14H24N2O. The second-order valence-corrected chi connectivity index (χ2v) is 6.09. The van der Waals surface area contributed by atoms with Gasteiger partial charge in [-0.05, 0) is 38.5 Å². The molecule has 0 saturated heterocycles. The summed E-state index contributed by atoms with van der Waals surface area (Å²) < 4.78 is 5.58. The van der Waals surface area contributed by atoms with Gasteiger partial charge >= 0.3 is 0 Å². The van der Waals surface area contributed by atoms with Crippen LogP contribution in [0.25, 0.3) is 0 Å². The predicted octanol–water partition coefficient (Wildman–Crippen LogP) is 3.35. The molecule has 2 rings (SSSR count). The van der Waals surface area contributed by atoms with Crippen LogP contribution in [0, 0.1) is 19.3 Å². The lowest BCUT2D eigenvalue weighted by molar-refractivity contribution is 0.195. The molecule has 1 unspecified atom stereocenters. The van der Waals surface area contributed by atoms with E-state index in [0.29, 0.717) is 11.5 Å². The van der Waals surface area contributed by atoms with E-state index >= 15 is 0 Å². The van der Waals surface area contributed by atoms with Crippen molar-refractivity contribution in [2.45, 2.75) is 66.0 Å². The summed E-state index contributed by atoms with van der Waals surface area (Å²) in [4.78, 5) is 4.40. The Bertz CT molecular complexity index is 362. The Balaban J connectivity index is 1.86. The maximum atomic E-state index is 5.58. The molecule has 1 saturated carbocycles. The molecule has 96 valence electrons. The van der Waals surface area contributed by atoms with Gasteiger partial charge in [0.2, 0.25) is 5.89 Å². The lowest BCUT2D eigenvalue weighted by Gasteiger charge is -2.35. The van der Waals surface area contributed by atoms with Gasteiger partial charge in [0.25, 0.3) is 0 Å². The zero-order chi connectivity index (χ0) is 12.5. The maximum absolute atomic E-state index is 5.58. The molecule has 1 aromatic heterocycles. The van der Waals surface area contributed by atoms with Gasteiger partial charge in [-0.1, -0.05) is 20.3 Å². The van der Waals surface area contributed by atoms with Gasteiger partial charge in [0, 0.05) is 6.04 Å². The van der Waals surface area contributed by atoms with Crippen LogP contribution in [-0.4, -0.2) is 11.0 Å². The summed E-state index contributed by atoms with van der Waals surface area (Å²) in [5.41, 5.74) is 1.49. The second kappa shape index (κ2) is 4.81. The number of nitrogens with zero attached hydrogens (tertiary/aromatic N) is 1. The molecule has 0 spiro atoms. The van der Waals surface area contributed by atoms with Crippen LogP contribution in [0.3, 0.4) is 0 Å². The summed E-state index contributed by atoms with van der Waals surface area (Å²) in [6.45, 7) is 9.44. The van der Waals surface area contributed by atoms with Crippen LogP contribution in [0.4, 0.5) is 0 Å². The Hall–Kier alpha value is -0.830. The molecule has 1 aliphatic rings. The molecule has 0 aromatic carbocycles. The SMILES string of the molecule is Cc1nc(CNC2CCCC(C)(C)C2)oc1C. The van der Waals surface area contributed by atoms with E-state index in [4.69, 9.17) is 4.42 Å². The minimum absolute atomic E-state index is 0.484. The molecule has 1 aromatic rings. The zero-order valence-corrected chi connectivity index (χ0v) is 11.5. The highest BCUT2D eigenvalue weighted by atomic mass is 16.4. The fourth-order valence-corrected chi connectivity index (χ4v) is 2.72. The van der Waals surface area contributed by atoms with Crippen molar-refractivity contribution in [1.29, 1.82) is 0 Å². The Morgan fingerprint density at radius 3 is 2.76 bits per heavy atom. The Labute approximate surface area is 104 Å². The van der Waals surface area contributed by atoms with Gasteiger partial charge in [-0.25, -0.2) is 4.98 Å². The average Bonchev–Trinajstić information content (AvgIpc) is 2.54. The molecule has 17 heavy (non-hydrogen) atoms. The summed E-state index contributed by atoms with van der Waals surface area (Å²) in [6.07, 6.45) is 5.21. The van der Waals surface area contributed by atoms with Crippen molar-refractivity contribution < 1.29 is 4.42 Å². The summed E-state index contributed by atoms with van der Waals surface area (Å²) in [5.74, 6) is 1.76. The minimum atomic E-state index is 0.484. The monoisotopic (exact) mass is 236 g/mol. The van der Waals surface area contributed by atoms with E-state index in [1.54, 1.807) is 0 Å². The van der Waals surface area contributed by atoms with E-state index in [-0.39, 0.29) is 0 Å². The molecule has 1 aliphatic carbocycles. The van der Waals surface area contributed by atoms with Crippen molar-refractivity contribution in [3.05, 3.63) is 17.3 Å². The molecule has 1 heterocycles. The molecule has 0 amide bonds. The van der Waals surface area contributed by atoms with E-state index in [2.05, 4.69) is 24.1 Å². The van der Waals surface area contributed by atoms with Gasteiger partial charge in [-0.2, -0.15) is 0 Å². The molecule has 0 bridgehead atoms. The van der Waals surface area contributed by atoms with Crippen molar-refractivity contribution in [3.63, 3.8) is 0 Å². The van der Waals surface area contributed by atoms with Crippen LogP contribution in [-0.2, 0) is 6.54 Å². The molecule has 1 fully saturated rings. The number of hydrogen-bond donors (Lipinski definition) is 1. The van der Waals surface area contributed by atoms with Gasteiger partial charge in [0.15, 0.2) is 0 Å². The Kier molecular flexibility index (Phi) is 3.57. The van der Waals surface area contributed by atoms with Crippen molar-refractivity contribution in [2.24, 2.45) is 5.41 Å². The van der Waals surface area contributed by atoms with Gasteiger partial charge < -0.3 is 9.73 Å². The third-order valence-corrected chi connectivity index (χ3v) is 3.82. The smallest absolute Gasteiger partial charge is 0.208 e. The lowest BCUT2D eigenvalue weighted by atomic mass is 9.75. The van der Waals surface area contributed by atoms with E-state index < -0.39 is 0 Å². The first-order valence-electron chi connectivity index (χ1n) is 6.62. The minimum Gasteiger partial charge on any atom is -0.444 e. The number of aryl methyl sites for hydroxylation is 2. The third-order valence-electron chi connectivity index (χ3n) is 3.82. The fraction of sp³-hybridized carbons (Fsp3) is 0.786. The van der Waals surface area contributed by atoms with Crippen molar-refractivity contribution in [1.82, 2.24) is 10.3 Å². The maximum Gasteiger partial charge on any atom is 0.208 e.